The van der Waals surface area contributed by atoms with Gasteiger partial charge in [0.25, 0.3) is 0 Å². The number of hydrogen-bond donors (Lipinski definition) is 0. The van der Waals surface area contributed by atoms with E-state index in [2.05, 4.69) is 0 Å². The molecule has 0 fully saturated rings. The van der Waals surface area contributed by atoms with Crippen LogP contribution >= 0.6 is 0 Å². The highest BCUT2D eigenvalue weighted by Crippen LogP contribution is 2.29. The van der Waals surface area contributed by atoms with Crippen LogP contribution in [0.2, 0.25) is 0 Å². The van der Waals surface area contributed by atoms with Crippen LogP contribution in [0.15, 0.2) is 121 Å². The number of carbonyl (C=O) groups is 3. The standard InChI is InChI=1S/C50H48NO9/c1-30-20-43(28-58-48(52)31(2)34-8-11-40-24-45(55-5)17-14-37(40)21-34)44(29-59-49(53)32(3)35-9-12-41-25-46(56-6)18-15-38(41)22-35)27-51(30)60-50(54)33(4)36-10-13-42-26-47(57-7)19-16-39(42)23-36/h8-27,31-33H,28-29H2,1-7H3/q+1/t31-,32-,33-/m0/s1. The van der Waals surface area contributed by atoms with E-state index >= 15 is 0 Å². The van der Waals surface area contributed by atoms with Crippen molar-refractivity contribution in [2.24, 2.45) is 0 Å². The number of hydrogen-bond acceptors (Lipinski definition) is 9. The van der Waals surface area contributed by atoms with E-state index in [0.717, 1.165) is 66.3 Å². The fraction of sp³-hybridized carbons (Fsp3) is 0.240. The monoisotopic (exact) mass is 806 g/mol. The summed E-state index contributed by atoms with van der Waals surface area (Å²) in [6, 6.07) is 36.6. The lowest BCUT2D eigenvalue weighted by molar-refractivity contribution is -0.874. The summed E-state index contributed by atoms with van der Waals surface area (Å²) in [5.74, 6) is -0.840. The molecule has 0 radical (unpaired) electrons. The van der Waals surface area contributed by atoms with E-state index in [1.165, 1.54) is 4.73 Å². The summed E-state index contributed by atoms with van der Waals surface area (Å²) in [6.07, 6.45) is 1.61. The quantitative estimate of drug-likeness (QED) is 0.0785. The van der Waals surface area contributed by atoms with Crippen molar-refractivity contribution in [2.75, 3.05) is 21.3 Å². The van der Waals surface area contributed by atoms with Crippen LogP contribution in [0, 0.1) is 6.92 Å². The van der Waals surface area contributed by atoms with Gasteiger partial charge in [0.15, 0.2) is 0 Å². The molecule has 0 N–H and O–H groups in total. The van der Waals surface area contributed by atoms with E-state index in [1.54, 1.807) is 61.3 Å². The van der Waals surface area contributed by atoms with Gasteiger partial charge in [0.05, 0.1) is 44.6 Å². The number of carbonyl (C=O) groups excluding carboxylic acids is 3. The number of methoxy groups -OCH3 is 3. The molecule has 0 aliphatic heterocycles. The highest BCUT2D eigenvalue weighted by atomic mass is 16.7. The van der Waals surface area contributed by atoms with Crippen molar-refractivity contribution in [3.63, 3.8) is 0 Å². The third-order valence-corrected chi connectivity index (χ3v) is 11.1. The number of rotatable bonds is 14. The van der Waals surface area contributed by atoms with Crippen molar-refractivity contribution in [1.82, 2.24) is 0 Å². The van der Waals surface area contributed by atoms with Gasteiger partial charge in [-0.25, -0.2) is 4.79 Å². The number of aromatic nitrogens is 1. The Morgan fingerprint density at radius 1 is 0.467 bits per heavy atom. The Hall–Kier alpha value is -6.94. The fourth-order valence-electron chi connectivity index (χ4n) is 7.15. The first kappa shape index (κ1) is 41.2. The van der Waals surface area contributed by atoms with Crippen molar-refractivity contribution in [2.45, 2.75) is 58.7 Å². The molecule has 0 saturated carbocycles. The number of nitrogens with zero attached hydrogens (tertiary/aromatic N) is 1. The maximum absolute atomic E-state index is 13.6. The Balaban J connectivity index is 1.10. The molecular formula is C50H48NO9+. The van der Waals surface area contributed by atoms with Crippen LogP contribution in [0.5, 0.6) is 17.2 Å². The number of pyridine rings is 1. The molecule has 0 spiro atoms. The average Bonchev–Trinajstić information content (AvgIpc) is 3.28. The van der Waals surface area contributed by atoms with Gasteiger partial charge in [0.2, 0.25) is 11.9 Å². The van der Waals surface area contributed by atoms with E-state index in [9.17, 15) is 14.4 Å². The van der Waals surface area contributed by atoms with Gasteiger partial charge in [-0.1, -0.05) is 72.8 Å². The SMILES string of the molecule is COc1ccc2cc([C@H](C)C(=O)OCc3cc(C)[n+](OC(=O)[C@@H](C)c4ccc5cc(OC)ccc5c4)cc3COC(=O)[C@@H](C)c3ccc4cc(OC)ccc4c3)ccc2c1. The lowest BCUT2D eigenvalue weighted by Crippen LogP contribution is -2.49. The van der Waals surface area contributed by atoms with Crippen LogP contribution in [0.4, 0.5) is 0 Å². The third-order valence-electron chi connectivity index (χ3n) is 11.1. The lowest BCUT2D eigenvalue weighted by atomic mass is 9.97. The maximum Gasteiger partial charge on any atom is 0.387 e. The van der Waals surface area contributed by atoms with E-state index in [-0.39, 0.29) is 13.2 Å². The highest BCUT2D eigenvalue weighted by Gasteiger charge is 2.27. The second-order valence-corrected chi connectivity index (χ2v) is 15.0. The topological polar surface area (TPSA) is 110 Å². The van der Waals surface area contributed by atoms with Crippen LogP contribution in [0.1, 0.15) is 72.0 Å². The molecule has 7 aromatic rings. The Morgan fingerprint density at radius 3 is 1.22 bits per heavy atom. The van der Waals surface area contributed by atoms with Crippen LogP contribution in [-0.2, 0) is 37.1 Å². The molecule has 10 heteroatoms. The maximum atomic E-state index is 13.6. The molecule has 3 atom stereocenters. The number of esters is 2. The van der Waals surface area contributed by atoms with Crippen molar-refractivity contribution in [3.05, 3.63) is 155 Å². The minimum absolute atomic E-state index is 0.0988. The van der Waals surface area contributed by atoms with Crippen LogP contribution < -0.4 is 23.8 Å². The van der Waals surface area contributed by atoms with Crippen molar-refractivity contribution in [3.8, 4) is 17.2 Å². The predicted molar refractivity (Wildman–Crippen MR) is 229 cm³/mol. The molecule has 0 aliphatic rings. The minimum Gasteiger partial charge on any atom is -0.497 e. The van der Waals surface area contributed by atoms with Gasteiger partial charge >= 0.3 is 17.9 Å². The predicted octanol–water partition coefficient (Wildman–Crippen LogP) is 9.22. The molecule has 0 aliphatic carbocycles. The summed E-state index contributed by atoms with van der Waals surface area (Å²) in [7, 11) is 4.87. The first-order valence-electron chi connectivity index (χ1n) is 19.8. The zero-order valence-corrected chi connectivity index (χ0v) is 34.8. The van der Waals surface area contributed by atoms with Gasteiger partial charge < -0.3 is 23.7 Å². The molecule has 10 nitrogen and oxygen atoms in total. The molecule has 1 heterocycles. The van der Waals surface area contributed by atoms with Gasteiger partial charge in [-0.15, -0.1) is 0 Å². The molecular weight excluding hydrogens is 759 g/mol. The fourth-order valence-corrected chi connectivity index (χ4v) is 7.15. The van der Waals surface area contributed by atoms with Crippen molar-refractivity contribution in [1.29, 1.82) is 0 Å². The van der Waals surface area contributed by atoms with E-state index in [1.807, 2.05) is 109 Å². The summed E-state index contributed by atoms with van der Waals surface area (Å²) in [5, 5.41) is 5.88. The molecule has 0 unspecified atom stereocenters. The van der Waals surface area contributed by atoms with Crippen LogP contribution in [-0.4, -0.2) is 39.2 Å². The number of aryl methyl sites for hydroxylation is 1. The van der Waals surface area contributed by atoms with Crippen molar-refractivity contribution < 1.29 is 47.6 Å². The molecule has 1 aromatic heterocycles. The second-order valence-electron chi connectivity index (χ2n) is 15.0. The van der Waals surface area contributed by atoms with Gasteiger partial charge in [-0.05, 0) is 106 Å². The zero-order valence-electron chi connectivity index (χ0n) is 34.8. The number of benzene rings is 6. The summed E-state index contributed by atoms with van der Waals surface area (Å²) in [5.41, 5.74) is 4.07. The molecule has 0 amide bonds. The van der Waals surface area contributed by atoms with Gasteiger partial charge in [0.1, 0.15) is 30.5 Å². The molecule has 7 rings (SSSR count). The van der Waals surface area contributed by atoms with Crippen molar-refractivity contribution >= 4 is 50.2 Å². The number of ether oxygens (including phenoxy) is 5. The first-order chi connectivity index (χ1) is 28.9. The number of fused-ring (bicyclic) bond motifs is 3. The summed E-state index contributed by atoms with van der Waals surface area (Å²) in [6.45, 7) is 6.91. The summed E-state index contributed by atoms with van der Waals surface area (Å²) < 4.78 is 29.3. The second kappa shape index (κ2) is 17.9. The largest absolute Gasteiger partial charge is 0.497 e. The van der Waals surface area contributed by atoms with Crippen LogP contribution in [0.25, 0.3) is 32.3 Å². The average molecular weight is 807 g/mol. The summed E-state index contributed by atoms with van der Waals surface area (Å²) in [4.78, 5) is 46.7. The van der Waals surface area contributed by atoms with Crippen LogP contribution in [0.3, 0.4) is 0 Å². The van der Waals surface area contributed by atoms with E-state index in [0.29, 0.717) is 16.8 Å². The lowest BCUT2D eigenvalue weighted by Gasteiger charge is -2.16. The van der Waals surface area contributed by atoms with Gasteiger partial charge in [-0.3, -0.25) is 9.59 Å². The Kier molecular flexibility index (Phi) is 12.3. The van der Waals surface area contributed by atoms with E-state index in [4.69, 9.17) is 28.5 Å². The Morgan fingerprint density at radius 2 is 0.817 bits per heavy atom. The zero-order chi connectivity index (χ0) is 42.5. The molecule has 6 aromatic carbocycles. The molecule has 60 heavy (non-hydrogen) atoms. The molecule has 306 valence electrons. The third kappa shape index (κ3) is 9.03. The Labute approximate surface area is 349 Å². The van der Waals surface area contributed by atoms with E-state index < -0.39 is 35.7 Å². The highest BCUT2D eigenvalue weighted by molar-refractivity contribution is 5.89. The first-order valence-corrected chi connectivity index (χ1v) is 19.8. The normalized spacial score (nSPS) is 12.7. The minimum atomic E-state index is -0.604. The van der Waals surface area contributed by atoms with Gasteiger partial charge in [-0.2, -0.15) is 4.84 Å². The summed E-state index contributed by atoms with van der Waals surface area (Å²) >= 11 is 0. The smallest absolute Gasteiger partial charge is 0.387 e. The molecule has 0 saturated heterocycles. The molecule has 0 bridgehead atoms. The van der Waals surface area contributed by atoms with Gasteiger partial charge in [0, 0.05) is 23.3 Å². The Bertz CT molecular complexity index is 2740.